The summed E-state index contributed by atoms with van der Waals surface area (Å²) >= 11 is 0. The number of hydrogen-bond acceptors (Lipinski definition) is 4. The van der Waals surface area contributed by atoms with E-state index in [0.717, 1.165) is 0 Å². The van der Waals surface area contributed by atoms with Crippen LogP contribution >= 0.6 is 12.4 Å². The van der Waals surface area contributed by atoms with Crippen molar-refractivity contribution in [1.29, 1.82) is 0 Å². The second-order valence-corrected chi connectivity index (χ2v) is 4.52. The average molecular weight is 236 g/mol. The molecule has 0 amide bonds. The molecule has 0 aromatic heterocycles. The lowest BCUT2D eigenvalue weighted by Crippen LogP contribution is -2.42. The largest absolute Gasteiger partial charge is 0.459 e. The molecule has 1 N–H and O–H groups in total. The van der Waals surface area contributed by atoms with Gasteiger partial charge < -0.3 is 10.1 Å². The summed E-state index contributed by atoms with van der Waals surface area (Å²) in [5.74, 6) is -1.01. The van der Waals surface area contributed by atoms with Crippen LogP contribution in [0.2, 0.25) is 0 Å². The lowest BCUT2D eigenvalue weighted by atomic mass is 9.96. The van der Waals surface area contributed by atoms with Crippen LogP contribution in [0.1, 0.15) is 27.2 Å². The van der Waals surface area contributed by atoms with Crippen molar-refractivity contribution < 1.29 is 14.3 Å². The molecule has 1 rings (SSSR count). The summed E-state index contributed by atoms with van der Waals surface area (Å²) in [5, 5.41) is 2.92. The van der Waals surface area contributed by atoms with Crippen LogP contribution in [0, 0.1) is 5.92 Å². The Hall–Kier alpha value is -0.610. The normalized spacial score (nSPS) is 21.8. The first-order valence-electron chi connectivity index (χ1n) is 4.86. The van der Waals surface area contributed by atoms with Gasteiger partial charge in [-0.25, -0.2) is 0 Å². The van der Waals surface area contributed by atoms with E-state index in [2.05, 4.69) is 5.32 Å². The summed E-state index contributed by atoms with van der Waals surface area (Å²) in [7, 11) is 0. The molecule has 1 atom stereocenters. The molecule has 0 aromatic rings. The first-order valence-corrected chi connectivity index (χ1v) is 4.86. The van der Waals surface area contributed by atoms with E-state index in [1.165, 1.54) is 0 Å². The molecule has 0 bridgehead atoms. The lowest BCUT2D eigenvalue weighted by Gasteiger charge is -2.25. The van der Waals surface area contributed by atoms with Crippen LogP contribution in [-0.4, -0.2) is 30.4 Å². The Morgan fingerprint density at radius 1 is 1.47 bits per heavy atom. The smallest absolute Gasteiger partial charge is 0.317 e. The molecule has 1 aliphatic heterocycles. The van der Waals surface area contributed by atoms with E-state index in [4.69, 9.17) is 4.74 Å². The standard InChI is InChI=1S/C10H17NO3.ClH/c1-10(2,3)14-9(13)7-4-5-11-6-8(7)12;/h7,11H,4-6H2,1-3H3;1H. The van der Waals surface area contributed by atoms with Crippen LogP contribution in [0.25, 0.3) is 0 Å². The molecule has 4 nitrogen and oxygen atoms in total. The van der Waals surface area contributed by atoms with Crippen LogP contribution < -0.4 is 5.32 Å². The molecule has 0 spiro atoms. The minimum atomic E-state index is -0.560. The number of hydrogen-bond donors (Lipinski definition) is 1. The fourth-order valence-corrected chi connectivity index (χ4v) is 1.36. The van der Waals surface area contributed by atoms with E-state index in [1.807, 2.05) is 0 Å². The van der Waals surface area contributed by atoms with Crippen molar-refractivity contribution in [3.05, 3.63) is 0 Å². The number of piperidine rings is 1. The van der Waals surface area contributed by atoms with Crippen molar-refractivity contribution in [2.45, 2.75) is 32.8 Å². The number of ether oxygens (including phenoxy) is 1. The van der Waals surface area contributed by atoms with E-state index < -0.39 is 11.5 Å². The van der Waals surface area contributed by atoms with Gasteiger partial charge in [0, 0.05) is 0 Å². The zero-order valence-electron chi connectivity index (χ0n) is 9.33. The Morgan fingerprint density at radius 3 is 2.53 bits per heavy atom. The average Bonchev–Trinajstić information content (AvgIpc) is 2.01. The van der Waals surface area contributed by atoms with Crippen molar-refractivity contribution in [3.8, 4) is 0 Å². The zero-order valence-corrected chi connectivity index (χ0v) is 10.1. The van der Waals surface area contributed by atoms with Crippen molar-refractivity contribution in [1.82, 2.24) is 5.32 Å². The van der Waals surface area contributed by atoms with Gasteiger partial charge in [-0.05, 0) is 33.7 Å². The van der Waals surface area contributed by atoms with Gasteiger partial charge in [0.25, 0.3) is 0 Å². The van der Waals surface area contributed by atoms with E-state index in [-0.39, 0.29) is 30.7 Å². The fraction of sp³-hybridized carbons (Fsp3) is 0.800. The quantitative estimate of drug-likeness (QED) is 0.543. The van der Waals surface area contributed by atoms with Crippen molar-refractivity contribution in [3.63, 3.8) is 0 Å². The minimum Gasteiger partial charge on any atom is -0.459 e. The summed E-state index contributed by atoms with van der Waals surface area (Å²) in [4.78, 5) is 22.9. The fourth-order valence-electron chi connectivity index (χ4n) is 1.36. The molecular formula is C10H18ClNO3. The molecule has 1 fully saturated rings. The van der Waals surface area contributed by atoms with Gasteiger partial charge in [-0.2, -0.15) is 0 Å². The molecule has 0 aliphatic carbocycles. The monoisotopic (exact) mass is 235 g/mol. The molecule has 5 heteroatoms. The van der Waals surface area contributed by atoms with Crippen LogP contribution in [-0.2, 0) is 14.3 Å². The molecule has 88 valence electrons. The third kappa shape index (κ3) is 4.62. The van der Waals surface area contributed by atoms with E-state index in [9.17, 15) is 9.59 Å². The number of Topliss-reactive ketones (excluding diaryl/α,β-unsaturated/α-hetero) is 1. The summed E-state index contributed by atoms with van der Waals surface area (Å²) in [5.41, 5.74) is -0.512. The van der Waals surface area contributed by atoms with E-state index in [1.54, 1.807) is 20.8 Å². The highest BCUT2D eigenvalue weighted by Gasteiger charge is 2.32. The Morgan fingerprint density at radius 2 is 2.07 bits per heavy atom. The number of esters is 1. The summed E-state index contributed by atoms with van der Waals surface area (Å²) < 4.78 is 5.16. The van der Waals surface area contributed by atoms with E-state index in [0.29, 0.717) is 13.0 Å². The molecule has 1 aliphatic rings. The van der Waals surface area contributed by atoms with Gasteiger partial charge in [0.15, 0.2) is 5.78 Å². The van der Waals surface area contributed by atoms with Gasteiger partial charge in [0.1, 0.15) is 11.5 Å². The summed E-state index contributed by atoms with van der Waals surface area (Å²) in [6.07, 6.45) is 0.549. The predicted molar refractivity (Wildman–Crippen MR) is 59.1 cm³/mol. The minimum absolute atomic E-state index is 0. The van der Waals surface area contributed by atoms with Gasteiger partial charge in [-0.1, -0.05) is 0 Å². The second kappa shape index (κ2) is 5.47. The molecule has 0 aromatic carbocycles. The number of carbonyl (C=O) groups is 2. The first kappa shape index (κ1) is 14.4. The van der Waals surface area contributed by atoms with Crippen LogP contribution in [0.15, 0.2) is 0 Å². The SMILES string of the molecule is CC(C)(C)OC(=O)C1CCNCC1=O.Cl. The summed E-state index contributed by atoms with van der Waals surface area (Å²) in [6, 6.07) is 0. The van der Waals surface area contributed by atoms with Gasteiger partial charge in [0.05, 0.1) is 6.54 Å². The molecule has 1 saturated heterocycles. The maximum Gasteiger partial charge on any atom is 0.317 e. The zero-order chi connectivity index (χ0) is 10.8. The first-order chi connectivity index (χ1) is 6.40. The summed E-state index contributed by atoms with van der Waals surface area (Å²) in [6.45, 7) is 6.39. The highest BCUT2D eigenvalue weighted by molar-refractivity contribution is 6.00. The third-order valence-electron chi connectivity index (χ3n) is 1.99. The maximum atomic E-state index is 11.6. The predicted octanol–water partition coefficient (Wildman–Crippen LogP) is 0.928. The number of halogens is 1. The second-order valence-electron chi connectivity index (χ2n) is 4.52. The van der Waals surface area contributed by atoms with Crippen molar-refractivity contribution in [2.24, 2.45) is 5.92 Å². The molecule has 15 heavy (non-hydrogen) atoms. The molecular weight excluding hydrogens is 218 g/mol. The van der Waals surface area contributed by atoms with Crippen molar-refractivity contribution in [2.75, 3.05) is 13.1 Å². The van der Waals surface area contributed by atoms with Gasteiger partial charge in [-0.3, -0.25) is 9.59 Å². The Kier molecular flexibility index (Phi) is 5.24. The van der Waals surface area contributed by atoms with Gasteiger partial charge in [-0.15, -0.1) is 12.4 Å². The van der Waals surface area contributed by atoms with Crippen molar-refractivity contribution >= 4 is 24.2 Å². The topological polar surface area (TPSA) is 55.4 Å². The number of nitrogens with one attached hydrogen (secondary N) is 1. The highest BCUT2D eigenvalue weighted by Crippen LogP contribution is 2.15. The molecule has 0 saturated carbocycles. The van der Waals surface area contributed by atoms with Crippen LogP contribution in [0.5, 0.6) is 0 Å². The molecule has 0 radical (unpaired) electrons. The highest BCUT2D eigenvalue weighted by atomic mass is 35.5. The lowest BCUT2D eigenvalue weighted by molar-refractivity contribution is -0.162. The number of rotatable bonds is 1. The molecule has 1 unspecified atom stereocenters. The third-order valence-corrected chi connectivity index (χ3v) is 1.99. The van der Waals surface area contributed by atoms with Crippen LogP contribution in [0.3, 0.4) is 0 Å². The Balaban J connectivity index is 0.00000196. The van der Waals surface area contributed by atoms with Crippen LogP contribution in [0.4, 0.5) is 0 Å². The van der Waals surface area contributed by atoms with Gasteiger partial charge in [0.2, 0.25) is 0 Å². The maximum absolute atomic E-state index is 11.6. The molecule has 1 heterocycles. The Bertz CT molecular complexity index is 248. The van der Waals surface area contributed by atoms with E-state index >= 15 is 0 Å². The Labute approximate surface area is 96.2 Å². The van der Waals surface area contributed by atoms with Gasteiger partial charge >= 0.3 is 5.97 Å². The number of carbonyl (C=O) groups excluding carboxylic acids is 2. The number of ketones is 1.